The van der Waals surface area contributed by atoms with Gasteiger partial charge in [-0.05, 0) is 48.7 Å². The number of anilines is 1. The minimum Gasteiger partial charge on any atom is -0.324 e. The molecule has 1 atom stereocenters. The van der Waals surface area contributed by atoms with E-state index in [1.54, 1.807) is 6.07 Å². The van der Waals surface area contributed by atoms with Crippen LogP contribution in [0.3, 0.4) is 0 Å². The van der Waals surface area contributed by atoms with Gasteiger partial charge in [0, 0.05) is 12.2 Å². The van der Waals surface area contributed by atoms with Crippen molar-refractivity contribution in [3.63, 3.8) is 0 Å². The van der Waals surface area contributed by atoms with E-state index < -0.39 is 6.04 Å². The van der Waals surface area contributed by atoms with Gasteiger partial charge in [-0.1, -0.05) is 60.2 Å². The van der Waals surface area contributed by atoms with Crippen LogP contribution in [0, 0.1) is 12.7 Å². The molecule has 1 amide bonds. The first-order valence-electron chi connectivity index (χ1n) is 9.02. The minimum absolute atomic E-state index is 0.121. The van der Waals surface area contributed by atoms with Gasteiger partial charge in [-0.15, -0.1) is 0 Å². The molecule has 3 aromatic rings. The summed E-state index contributed by atoms with van der Waals surface area (Å²) in [6.45, 7) is 2.57. The molecule has 138 valence electrons. The molecule has 0 heterocycles. The molecule has 0 aliphatic carbocycles. The van der Waals surface area contributed by atoms with Gasteiger partial charge in [-0.3, -0.25) is 4.79 Å². The van der Waals surface area contributed by atoms with E-state index >= 15 is 0 Å². The Kier molecular flexibility index (Phi) is 6.34. The Hall–Kier alpha value is -2.98. The lowest BCUT2D eigenvalue weighted by Crippen LogP contribution is -2.34. The van der Waals surface area contributed by atoms with Crippen molar-refractivity contribution in [2.24, 2.45) is 0 Å². The summed E-state index contributed by atoms with van der Waals surface area (Å²) in [4.78, 5) is 12.9. The lowest BCUT2D eigenvalue weighted by molar-refractivity contribution is -0.118. The molecule has 0 aliphatic heterocycles. The van der Waals surface area contributed by atoms with Crippen LogP contribution in [0.1, 0.15) is 22.7 Å². The van der Waals surface area contributed by atoms with Crippen molar-refractivity contribution in [3.8, 4) is 0 Å². The molecule has 0 saturated heterocycles. The summed E-state index contributed by atoms with van der Waals surface area (Å²) in [5.41, 5.74) is 3.69. The maximum absolute atomic E-state index is 13.3. The highest BCUT2D eigenvalue weighted by atomic mass is 19.1. The van der Waals surface area contributed by atoms with Crippen molar-refractivity contribution in [2.45, 2.75) is 19.4 Å². The third-order valence-corrected chi connectivity index (χ3v) is 4.37. The summed E-state index contributed by atoms with van der Waals surface area (Å²) < 4.78 is 13.3. The van der Waals surface area contributed by atoms with Gasteiger partial charge >= 0.3 is 0 Å². The standard InChI is InChI=1S/C23H23FN2O/c1-17-10-12-21(13-11-17)26-23(27)22(19-7-3-2-4-8-19)25-15-14-18-6-5-9-20(24)16-18/h2-13,16,22,25H,14-15H2,1H3,(H,26,27). The fourth-order valence-electron chi connectivity index (χ4n) is 2.91. The summed E-state index contributed by atoms with van der Waals surface area (Å²) in [7, 11) is 0. The predicted molar refractivity (Wildman–Crippen MR) is 107 cm³/mol. The second-order valence-corrected chi connectivity index (χ2v) is 6.53. The Labute approximate surface area is 159 Å². The number of carbonyl (C=O) groups excluding carboxylic acids is 1. The zero-order chi connectivity index (χ0) is 19.1. The number of aryl methyl sites for hydroxylation is 1. The van der Waals surface area contributed by atoms with Crippen LogP contribution >= 0.6 is 0 Å². The van der Waals surface area contributed by atoms with Gasteiger partial charge in [0.1, 0.15) is 11.9 Å². The van der Waals surface area contributed by atoms with Crippen LogP contribution in [0.15, 0.2) is 78.9 Å². The van der Waals surface area contributed by atoms with Gasteiger partial charge in [0.25, 0.3) is 0 Å². The molecule has 0 aromatic heterocycles. The zero-order valence-corrected chi connectivity index (χ0v) is 15.3. The first-order valence-corrected chi connectivity index (χ1v) is 9.02. The van der Waals surface area contributed by atoms with E-state index in [9.17, 15) is 9.18 Å². The first kappa shape index (κ1) is 18.8. The molecule has 1 unspecified atom stereocenters. The number of rotatable bonds is 7. The number of benzene rings is 3. The number of nitrogens with one attached hydrogen (secondary N) is 2. The van der Waals surface area contributed by atoms with Gasteiger partial charge in [-0.25, -0.2) is 4.39 Å². The Morgan fingerprint density at radius 1 is 0.963 bits per heavy atom. The van der Waals surface area contributed by atoms with E-state index in [2.05, 4.69) is 10.6 Å². The highest BCUT2D eigenvalue weighted by molar-refractivity contribution is 5.95. The molecule has 0 spiro atoms. The van der Waals surface area contributed by atoms with Crippen LogP contribution in [-0.4, -0.2) is 12.5 Å². The van der Waals surface area contributed by atoms with Crippen LogP contribution in [0.4, 0.5) is 10.1 Å². The van der Waals surface area contributed by atoms with Crippen molar-refractivity contribution in [3.05, 3.63) is 101 Å². The van der Waals surface area contributed by atoms with Gasteiger partial charge in [0.2, 0.25) is 5.91 Å². The first-order chi connectivity index (χ1) is 13.1. The number of halogens is 1. The van der Waals surface area contributed by atoms with Gasteiger partial charge in [0.15, 0.2) is 0 Å². The monoisotopic (exact) mass is 362 g/mol. The maximum atomic E-state index is 13.3. The predicted octanol–water partition coefficient (Wildman–Crippen LogP) is 4.65. The Morgan fingerprint density at radius 2 is 1.70 bits per heavy atom. The largest absolute Gasteiger partial charge is 0.324 e. The molecule has 0 bridgehead atoms. The van der Waals surface area contributed by atoms with Crippen molar-refractivity contribution >= 4 is 11.6 Å². The Balaban J connectivity index is 1.69. The van der Waals surface area contributed by atoms with E-state index in [1.165, 1.54) is 12.1 Å². The smallest absolute Gasteiger partial charge is 0.246 e. The molecule has 2 N–H and O–H groups in total. The number of carbonyl (C=O) groups is 1. The normalized spacial score (nSPS) is 11.8. The highest BCUT2D eigenvalue weighted by Crippen LogP contribution is 2.17. The molecule has 4 heteroatoms. The van der Waals surface area contributed by atoms with E-state index in [0.717, 1.165) is 22.4 Å². The topological polar surface area (TPSA) is 41.1 Å². The summed E-state index contributed by atoms with van der Waals surface area (Å²) >= 11 is 0. The molecule has 27 heavy (non-hydrogen) atoms. The van der Waals surface area contributed by atoms with Crippen molar-refractivity contribution < 1.29 is 9.18 Å². The molecule has 3 nitrogen and oxygen atoms in total. The molecule has 3 rings (SSSR count). The number of hydrogen-bond donors (Lipinski definition) is 2. The van der Waals surface area contributed by atoms with Crippen LogP contribution < -0.4 is 10.6 Å². The van der Waals surface area contributed by atoms with E-state index in [0.29, 0.717) is 13.0 Å². The summed E-state index contributed by atoms with van der Waals surface area (Å²) in [6.07, 6.45) is 0.638. The van der Waals surface area contributed by atoms with Crippen LogP contribution in [0.2, 0.25) is 0 Å². The maximum Gasteiger partial charge on any atom is 0.246 e. The molecule has 0 aliphatic rings. The average Bonchev–Trinajstić information content (AvgIpc) is 2.68. The van der Waals surface area contributed by atoms with Crippen LogP contribution in [-0.2, 0) is 11.2 Å². The zero-order valence-electron chi connectivity index (χ0n) is 15.3. The molecular weight excluding hydrogens is 339 g/mol. The number of amides is 1. The van der Waals surface area contributed by atoms with E-state index in [-0.39, 0.29) is 11.7 Å². The van der Waals surface area contributed by atoms with Gasteiger partial charge < -0.3 is 10.6 Å². The Bertz CT molecular complexity index is 878. The molecule has 3 aromatic carbocycles. The summed E-state index contributed by atoms with van der Waals surface area (Å²) in [6, 6.07) is 23.3. The average molecular weight is 362 g/mol. The van der Waals surface area contributed by atoms with E-state index in [4.69, 9.17) is 0 Å². The lowest BCUT2D eigenvalue weighted by atomic mass is 10.1. The molecule has 0 radical (unpaired) electrons. The van der Waals surface area contributed by atoms with Gasteiger partial charge in [-0.2, -0.15) is 0 Å². The summed E-state index contributed by atoms with van der Waals surface area (Å²) in [5, 5.41) is 6.26. The Morgan fingerprint density at radius 3 is 2.41 bits per heavy atom. The van der Waals surface area contributed by atoms with Crippen LogP contribution in [0.25, 0.3) is 0 Å². The van der Waals surface area contributed by atoms with Crippen molar-refractivity contribution in [1.82, 2.24) is 5.32 Å². The van der Waals surface area contributed by atoms with Crippen molar-refractivity contribution in [1.29, 1.82) is 0 Å². The van der Waals surface area contributed by atoms with Crippen LogP contribution in [0.5, 0.6) is 0 Å². The van der Waals surface area contributed by atoms with Gasteiger partial charge in [0.05, 0.1) is 0 Å². The van der Waals surface area contributed by atoms with E-state index in [1.807, 2.05) is 67.6 Å². The molecule has 0 saturated carbocycles. The molecule has 0 fully saturated rings. The molecular formula is C23H23FN2O. The SMILES string of the molecule is Cc1ccc(NC(=O)C(NCCc2cccc(F)c2)c2ccccc2)cc1. The second kappa shape index (κ2) is 9.10. The third kappa shape index (κ3) is 5.50. The lowest BCUT2D eigenvalue weighted by Gasteiger charge is -2.19. The fourth-order valence-corrected chi connectivity index (χ4v) is 2.91. The minimum atomic E-state index is -0.485. The highest BCUT2D eigenvalue weighted by Gasteiger charge is 2.20. The quantitative estimate of drug-likeness (QED) is 0.642. The second-order valence-electron chi connectivity index (χ2n) is 6.53. The summed E-state index contributed by atoms with van der Waals surface area (Å²) in [5.74, 6) is -0.367. The fraction of sp³-hybridized carbons (Fsp3) is 0.174. The third-order valence-electron chi connectivity index (χ3n) is 4.37. The number of hydrogen-bond acceptors (Lipinski definition) is 2. The van der Waals surface area contributed by atoms with Crippen molar-refractivity contribution in [2.75, 3.05) is 11.9 Å².